The van der Waals surface area contributed by atoms with Crippen LogP contribution in [0.25, 0.3) is 11.4 Å². The Morgan fingerprint density at radius 2 is 1.79 bits per heavy atom. The van der Waals surface area contributed by atoms with Crippen molar-refractivity contribution in [3.05, 3.63) is 28.2 Å². The highest BCUT2D eigenvalue weighted by Gasteiger charge is 2.20. The van der Waals surface area contributed by atoms with E-state index in [1.807, 2.05) is 13.8 Å². The summed E-state index contributed by atoms with van der Waals surface area (Å²) in [5, 5.41) is 5.25. The van der Waals surface area contributed by atoms with Crippen LogP contribution in [-0.4, -0.2) is 27.3 Å². The molecule has 0 aliphatic heterocycles. The summed E-state index contributed by atoms with van der Waals surface area (Å²) in [6.45, 7) is 6.77. The maximum absolute atomic E-state index is 12.8. The lowest BCUT2D eigenvalue weighted by Crippen LogP contribution is -2.14. The van der Waals surface area contributed by atoms with Crippen LogP contribution >= 0.6 is 23.2 Å². The molecule has 0 spiro atoms. The number of hydrogen-bond donors (Lipinski definition) is 0. The van der Waals surface area contributed by atoms with E-state index < -0.39 is 0 Å². The second-order valence-electron chi connectivity index (χ2n) is 7.72. The number of aromatic nitrogens is 3. The molecule has 0 radical (unpaired) electrons. The Bertz CT molecular complexity index is 790. The van der Waals surface area contributed by atoms with Crippen molar-refractivity contribution in [2.75, 3.05) is 6.61 Å². The third-order valence-corrected chi connectivity index (χ3v) is 5.08. The predicted octanol–water partition coefficient (Wildman–Crippen LogP) is 7.07. The van der Waals surface area contributed by atoms with Gasteiger partial charge in [-0.3, -0.25) is 4.79 Å². The fourth-order valence-electron chi connectivity index (χ4n) is 2.95. The zero-order valence-electron chi connectivity index (χ0n) is 17.6. The topological polar surface area (TPSA) is 57.0 Å². The van der Waals surface area contributed by atoms with Gasteiger partial charge in [0.2, 0.25) is 5.91 Å². The highest BCUT2D eigenvalue weighted by Crippen LogP contribution is 2.30. The van der Waals surface area contributed by atoms with Gasteiger partial charge in [0.25, 0.3) is 0 Å². The minimum Gasteiger partial charge on any atom is -0.462 e. The van der Waals surface area contributed by atoms with Gasteiger partial charge in [0, 0.05) is 17.0 Å². The molecule has 5 nitrogen and oxygen atoms in total. The summed E-state index contributed by atoms with van der Waals surface area (Å²) in [6.07, 6.45) is 8.46. The van der Waals surface area contributed by atoms with Gasteiger partial charge in [0.05, 0.1) is 11.6 Å². The molecule has 0 aliphatic carbocycles. The van der Waals surface area contributed by atoms with Gasteiger partial charge in [-0.15, -0.1) is 5.10 Å². The van der Waals surface area contributed by atoms with Crippen LogP contribution in [0.4, 0.5) is 0 Å². The van der Waals surface area contributed by atoms with Crippen molar-refractivity contribution in [2.45, 2.75) is 72.1 Å². The van der Waals surface area contributed by atoms with Crippen molar-refractivity contribution in [1.82, 2.24) is 14.8 Å². The number of nitrogens with zero attached hydrogens (tertiary/aromatic N) is 3. The van der Waals surface area contributed by atoms with E-state index in [2.05, 4.69) is 17.0 Å². The lowest BCUT2D eigenvalue weighted by atomic mass is 10.1. The number of ether oxygens (including phenoxy) is 1. The molecule has 1 aromatic heterocycles. The smallest absolute Gasteiger partial charge is 0.336 e. The summed E-state index contributed by atoms with van der Waals surface area (Å²) in [7, 11) is 0. The molecule has 1 aromatic carbocycles. The van der Waals surface area contributed by atoms with Gasteiger partial charge in [0.15, 0.2) is 5.82 Å². The summed E-state index contributed by atoms with van der Waals surface area (Å²) in [6, 6.07) is 5.29. The minimum atomic E-state index is -0.105. The van der Waals surface area contributed by atoms with Gasteiger partial charge in [0.1, 0.15) is 0 Å². The molecule has 160 valence electrons. The van der Waals surface area contributed by atoms with Crippen molar-refractivity contribution >= 4 is 29.1 Å². The molecular weight excluding hydrogens is 409 g/mol. The summed E-state index contributed by atoms with van der Waals surface area (Å²) in [4.78, 5) is 17.3. The largest absolute Gasteiger partial charge is 0.462 e. The zero-order chi connectivity index (χ0) is 21.2. The first-order valence-electron chi connectivity index (χ1n) is 10.5. The van der Waals surface area contributed by atoms with Crippen LogP contribution in [0.1, 0.15) is 76.9 Å². The molecular formula is C22H31Cl2N3O2. The van der Waals surface area contributed by atoms with Crippen molar-refractivity contribution in [1.29, 1.82) is 0 Å². The third-order valence-electron chi connectivity index (χ3n) is 4.54. The van der Waals surface area contributed by atoms with Crippen molar-refractivity contribution in [2.24, 2.45) is 5.92 Å². The van der Waals surface area contributed by atoms with E-state index in [9.17, 15) is 4.79 Å². The number of carbonyl (C=O) groups is 1. The van der Waals surface area contributed by atoms with Crippen LogP contribution in [0, 0.1) is 5.92 Å². The average molecular weight is 440 g/mol. The van der Waals surface area contributed by atoms with E-state index >= 15 is 0 Å². The van der Waals surface area contributed by atoms with Crippen LogP contribution < -0.4 is 4.74 Å². The number of benzene rings is 1. The number of carbonyl (C=O) groups excluding carboxylic acids is 1. The van der Waals surface area contributed by atoms with Crippen molar-refractivity contribution in [3.8, 4) is 17.4 Å². The summed E-state index contributed by atoms with van der Waals surface area (Å²) < 4.78 is 6.96. The van der Waals surface area contributed by atoms with E-state index in [-0.39, 0.29) is 11.9 Å². The Hall–Kier alpha value is -1.59. The van der Waals surface area contributed by atoms with Crippen molar-refractivity contribution in [3.63, 3.8) is 0 Å². The van der Waals surface area contributed by atoms with E-state index in [1.54, 1.807) is 18.2 Å². The van der Waals surface area contributed by atoms with Crippen LogP contribution in [0.3, 0.4) is 0 Å². The molecule has 0 fully saturated rings. The van der Waals surface area contributed by atoms with E-state index in [1.165, 1.54) is 30.4 Å². The summed E-state index contributed by atoms with van der Waals surface area (Å²) in [5.41, 5.74) is 0.607. The van der Waals surface area contributed by atoms with Gasteiger partial charge in [-0.2, -0.15) is 9.67 Å². The van der Waals surface area contributed by atoms with Gasteiger partial charge < -0.3 is 4.74 Å². The number of hydrogen-bond acceptors (Lipinski definition) is 4. The number of rotatable bonds is 12. The predicted molar refractivity (Wildman–Crippen MR) is 119 cm³/mol. The molecule has 0 bridgehead atoms. The maximum Gasteiger partial charge on any atom is 0.336 e. The van der Waals surface area contributed by atoms with Gasteiger partial charge in [-0.1, -0.05) is 82.5 Å². The highest BCUT2D eigenvalue weighted by molar-refractivity contribution is 6.36. The van der Waals surface area contributed by atoms with E-state index in [0.717, 1.165) is 19.3 Å². The van der Waals surface area contributed by atoms with Crippen LogP contribution in [-0.2, 0) is 0 Å². The maximum atomic E-state index is 12.8. The molecule has 0 unspecified atom stereocenters. The quantitative estimate of drug-likeness (QED) is 0.331. The first-order valence-corrected chi connectivity index (χ1v) is 11.3. The first kappa shape index (κ1) is 23.7. The normalized spacial score (nSPS) is 11.2. The first-order chi connectivity index (χ1) is 13.9. The Balaban J connectivity index is 2.10. The summed E-state index contributed by atoms with van der Waals surface area (Å²) in [5.74, 6) is 0.609. The van der Waals surface area contributed by atoms with Gasteiger partial charge in [-0.25, -0.2) is 0 Å². The standard InChI is InChI=1S/C22H31Cl2N3O2/c1-4-5-6-7-8-9-10-11-20(28)27-21(18-13-12-17(23)14-19(18)24)25-22(26-27)29-15-16(2)3/h12-14,16H,4-11,15H2,1-3H3. The average Bonchev–Trinajstić information content (AvgIpc) is 3.09. The Morgan fingerprint density at radius 3 is 2.45 bits per heavy atom. The molecule has 2 aromatic rings. The highest BCUT2D eigenvalue weighted by atomic mass is 35.5. The Kier molecular flexibility index (Phi) is 9.95. The second-order valence-corrected chi connectivity index (χ2v) is 8.57. The molecule has 1 heterocycles. The molecule has 2 rings (SSSR count). The number of unbranched alkanes of at least 4 members (excludes halogenated alkanes) is 6. The third kappa shape index (κ3) is 7.63. The molecule has 29 heavy (non-hydrogen) atoms. The zero-order valence-corrected chi connectivity index (χ0v) is 19.1. The van der Waals surface area contributed by atoms with Crippen LogP contribution in [0.15, 0.2) is 18.2 Å². The molecule has 0 atom stereocenters. The minimum absolute atomic E-state index is 0.105. The fourth-order valence-corrected chi connectivity index (χ4v) is 3.45. The summed E-state index contributed by atoms with van der Waals surface area (Å²) >= 11 is 12.4. The molecule has 0 aliphatic rings. The lowest BCUT2D eigenvalue weighted by Gasteiger charge is -2.06. The van der Waals surface area contributed by atoms with Gasteiger partial charge in [-0.05, 0) is 30.5 Å². The number of halogens is 2. The monoisotopic (exact) mass is 439 g/mol. The second kappa shape index (κ2) is 12.2. The van der Waals surface area contributed by atoms with E-state index in [4.69, 9.17) is 27.9 Å². The van der Waals surface area contributed by atoms with Crippen molar-refractivity contribution < 1.29 is 9.53 Å². The SMILES string of the molecule is CCCCCCCCCC(=O)n1nc(OCC(C)C)nc1-c1ccc(Cl)cc1Cl. The Morgan fingerprint density at radius 1 is 1.10 bits per heavy atom. The molecule has 7 heteroatoms. The molecule has 0 N–H and O–H groups in total. The molecule has 0 saturated heterocycles. The molecule has 0 saturated carbocycles. The fraction of sp³-hybridized carbons (Fsp3) is 0.591. The Labute approximate surface area is 183 Å². The molecule has 0 amide bonds. The lowest BCUT2D eigenvalue weighted by molar-refractivity contribution is 0.0882. The van der Waals surface area contributed by atoms with Crippen LogP contribution in [0.5, 0.6) is 6.01 Å². The van der Waals surface area contributed by atoms with E-state index in [0.29, 0.717) is 40.4 Å². The van der Waals surface area contributed by atoms with Gasteiger partial charge >= 0.3 is 6.01 Å². The van der Waals surface area contributed by atoms with Crippen LogP contribution in [0.2, 0.25) is 10.0 Å².